The summed E-state index contributed by atoms with van der Waals surface area (Å²) in [7, 11) is 0. The number of aromatic nitrogens is 2. The van der Waals surface area contributed by atoms with E-state index in [2.05, 4.69) is 23.8 Å². The van der Waals surface area contributed by atoms with Crippen molar-refractivity contribution in [1.29, 1.82) is 0 Å². The van der Waals surface area contributed by atoms with Gasteiger partial charge in [-0.1, -0.05) is 18.5 Å². The Morgan fingerprint density at radius 3 is 2.76 bits per heavy atom. The van der Waals surface area contributed by atoms with E-state index < -0.39 is 0 Å². The van der Waals surface area contributed by atoms with Gasteiger partial charge in [-0.3, -0.25) is 9.58 Å². The highest BCUT2D eigenvalue weighted by Crippen LogP contribution is 2.24. The Balaban J connectivity index is 2.16. The number of halogens is 1. The Labute approximate surface area is 108 Å². The SMILES string of the molecule is CCc1nn(CC)c(CN2CC[C@H](N)C2)c1Cl. The number of hydrogen-bond donors (Lipinski definition) is 1. The first kappa shape index (κ1) is 12.9. The van der Waals surface area contributed by atoms with E-state index in [9.17, 15) is 0 Å². The normalized spacial score (nSPS) is 21.3. The van der Waals surface area contributed by atoms with Crippen LogP contribution in [-0.2, 0) is 19.5 Å². The fourth-order valence-corrected chi connectivity index (χ4v) is 2.72. The summed E-state index contributed by atoms with van der Waals surface area (Å²) in [6.07, 6.45) is 1.97. The van der Waals surface area contributed by atoms with Crippen LogP contribution < -0.4 is 5.73 Å². The molecule has 17 heavy (non-hydrogen) atoms. The van der Waals surface area contributed by atoms with Crippen molar-refractivity contribution < 1.29 is 0 Å². The minimum Gasteiger partial charge on any atom is -0.326 e. The number of nitrogens with zero attached hydrogens (tertiary/aromatic N) is 3. The minimum atomic E-state index is 0.317. The van der Waals surface area contributed by atoms with Gasteiger partial charge in [-0.2, -0.15) is 5.10 Å². The van der Waals surface area contributed by atoms with Crippen LogP contribution in [0.1, 0.15) is 31.7 Å². The molecule has 0 spiro atoms. The molecule has 1 atom stereocenters. The zero-order valence-corrected chi connectivity index (χ0v) is 11.4. The van der Waals surface area contributed by atoms with Gasteiger partial charge in [0.2, 0.25) is 0 Å². The van der Waals surface area contributed by atoms with E-state index in [0.29, 0.717) is 6.04 Å². The molecule has 1 aromatic heterocycles. The molecule has 0 aromatic carbocycles. The maximum absolute atomic E-state index is 6.38. The molecule has 0 saturated carbocycles. The Hall–Kier alpha value is -0.580. The molecule has 1 saturated heterocycles. The molecule has 0 aliphatic carbocycles. The van der Waals surface area contributed by atoms with Crippen LogP contribution in [0.3, 0.4) is 0 Å². The van der Waals surface area contributed by atoms with Crippen LogP contribution in [0.4, 0.5) is 0 Å². The molecule has 0 unspecified atom stereocenters. The Kier molecular flexibility index (Phi) is 4.07. The van der Waals surface area contributed by atoms with E-state index in [1.807, 2.05) is 4.68 Å². The first-order chi connectivity index (χ1) is 8.15. The van der Waals surface area contributed by atoms with Crippen molar-refractivity contribution in [3.05, 3.63) is 16.4 Å². The number of rotatable bonds is 4. The maximum atomic E-state index is 6.38. The molecule has 1 fully saturated rings. The lowest BCUT2D eigenvalue weighted by atomic mass is 10.3. The number of aryl methyl sites for hydroxylation is 2. The molecule has 0 bridgehead atoms. The molecule has 96 valence electrons. The first-order valence-electron chi connectivity index (χ1n) is 6.37. The highest BCUT2D eigenvalue weighted by molar-refractivity contribution is 6.31. The quantitative estimate of drug-likeness (QED) is 0.891. The fourth-order valence-electron chi connectivity index (χ4n) is 2.39. The predicted molar refractivity (Wildman–Crippen MR) is 70.2 cm³/mol. The van der Waals surface area contributed by atoms with Gasteiger partial charge in [0, 0.05) is 32.2 Å². The second-order valence-corrected chi connectivity index (χ2v) is 5.04. The lowest BCUT2D eigenvalue weighted by molar-refractivity contribution is 0.315. The zero-order chi connectivity index (χ0) is 12.4. The van der Waals surface area contributed by atoms with Crippen molar-refractivity contribution in [2.45, 2.75) is 45.8 Å². The third kappa shape index (κ3) is 2.64. The van der Waals surface area contributed by atoms with Crippen molar-refractivity contribution in [2.24, 2.45) is 5.73 Å². The first-order valence-corrected chi connectivity index (χ1v) is 6.75. The summed E-state index contributed by atoms with van der Waals surface area (Å²) in [5.41, 5.74) is 8.07. The molecule has 2 rings (SSSR count). The molecule has 5 heteroatoms. The van der Waals surface area contributed by atoms with E-state index in [1.54, 1.807) is 0 Å². The minimum absolute atomic E-state index is 0.317. The van der Waals surface area contributed by atoms with Crippen molar-refractivity contribution in [2.75, 3.05) is 13.1 Å². The lowest BCUT2D eigenvalue weighted by Crippen LogP contribution is -2.27. The van der Waals surface area contributed by atoms with Crippen molar-refractivity contribution in [3.63, 3.8) is 0 Å². The third-order valence-corrected chi connectivity index (χ3v) is 3.81. The summed E-state index contributed by atoms with van der Waals surface area (Å²) in [6.45, 7) is 7.95. The Morgan fingerprint density at radius 2 is 2.24 bits per heavy atom. The topological polar surface area (TPSA) is 47.1 Å². The van der Waals surface area contributed by atoms with Gasteiger partial charge in [0.15, 0.2) is 0 Å². The molecule has 0 amide bonds. The average molecular weight is 257 g/mol. The van der Waals surface area contributed by atoms with Crippen LogP contribution in [0.5, 0.6) is 0 Å². The number of hydrogen-bond acceptors (Lipinski definition) is 3. The Bertz CT molecular complexity index is 388. The van der Waals surface area contributed by atoms with E-state index in [4.69, 9.17) is 17.3 Å². The van der Waals surface area contributed by atoms with E-state index in [1.165, 1.54) is 0 Å². The lowest BCUT2D eigenvalue weighted by Gasteiger charge is -2.16. The summed E-state index contributed by atoms with van der Waals surface area (Å²) in [4.78, 5) is 2.36. The van der Waals surface area contributed by atoms with Crippen LogP contribution in [0, 0.1) is 0 Å². The molecule has 1 aliphatic heterocycles. The van der Waals surface area contributed by atoms with Crippen LogP contribution in [0.25, 0.3) is 0 Å². The number of likely N-dealkylation sites (tertiary alicyclic amines) is 1. The highest BCUT2D eigenvalue weighted by atomic mass is 35.5. The van der Waals surface area contributed by atoms with Gasteiger partial charge in [-0.25, -0.2) is 0 Å². The van der Waals surface area contributed by atoms with Crippen LogP contribution in [0.2, 0.25) is 5.02 Å². The van der Waals surface area contributed by atoms with Gasteiger partial charge < -0.3 is 5.73 Å². The molecular formula is C12H21ClN4. The van der Waals surface area contributed by atoms with Crippen molar-refractivity contribution in [1.82, 2.24) is 14.7 Å². The zero-order valence-electron chi connectivity index (χ0n) is 10.6. The predicted octanol–water partition coefficient (Wildman–Crippen LogP) is 1.65. The molecular weight excluding hydrogens is 236 g/mol. The van der Waals surface area contributed by atoms with Crippen molar-refractivity contribution >= 4 is 11.6 Å². The van der Waals surface area contributed by atoms with Gasteiger partial charge in [0.05, 0.1) is 16.4 Å². The van der Waals surface area contributed by atoms with Gasteiger partial charge >= 0.3 is 0 Å². The number of nitrogens with two attached hydrogens (primary N) is 1. The van der Waals surface area contributed by atoms with E-state index >= 15 is 0 Å². The van der Waals surface area contributed by atoms with Crippen LogP contribution in [0.15, 0.2) is 0 Å². The summed E-state index contributed by atoms with van der Waals surface area (Å²) < 4.78 is 2.02. The van der Waals surface area contributed by atoms with Gasteiger partial charge in [0.1, 0.15) is 0 Å². The molecule has 0 radical (unpaired) electrons. The molecule has 2 heterocycles. The Morgan fingerprint density at radius 1 is 1.47 bits per heavy atom. The van der Waals surface area contributed by atoms with Gasteiger partial charge in [-0.15, -0.1) is 0 Å². The largest absolute Gasteiger partial charge is 0.326 e. The highest BCUT2D eigenvalue weighted by Gasteiger charge is 2.22. The summed E-state index contributed by atoms with van der Waals surface area (Å²) in [6, 6.07) is 0.317. The summed E-state index contributed by atoms with van der Waals surface area (Å²) >= 11 is 6.38. The van der Waals surface area contributed by atoms with Crippen LogP contribution in [-0.4, -0.2) is 33.8 Å². The van der Waals surface area contributed by atoms with E-state index in [-0.39, 0.29) is 0 Å². The third-order valence-electron chi connectivity index (χ3n) is 3.38. The second kappa shape index (κ2) is 5.38. The van der Waals surface area contributed by atoms with E-state index in [0.717, 1.165) is 55.4 Å². The molecule has 2 N–H and O–H groups in total. The summed E-state index contributed by atoms with van der Waals surface area (Å²) in [5.74, 6) is 0. The molecule has 1 aromatic rings. The maximum Gasteiger partial charge on any atom is 0.0863 e. The van der Waals surface area contributed by atoms with Crippen molar-refractivity contribution in [3.8, 4) is 0 Å². The average Bonchev–Trinajstić information content (AvgIpc) is 2.85. The van der Waals surface area contributed by atoms with Gasteiger partial charge in [0.25, 0.3) is 0 Å². The van der Waals surface area contributed by atoms with Crippen LogP contribution >= 0.6 is 11.6 Å². The molecule has 1 aliphatic rings. The summed E-state index contributed by atoms with van der Waals surface area (Å²) in [5, 5.41) is 5.38. The standard InChI is InChI=1S/C12H21ClN4/c1-3-10-12(13)11(17(4-2)15-10)8-16-6-5-9(14)7-16/h9H,3-8,14H2,1-2H3/t9-/m0/s1. The van der Waals surface area contributed by atoms with Gasteiger partial charge in [-0.05, 0) is 19.8 Å². The smallest absolute Gasteiger partial charge is 0.0863 e. The fraction of sp³-hybridized carbons (Fsp3) is 0.750. The molecule has 4 nitrogen and oxygen atoms in total. The second-order valence-electron chi connectivity index (χ2n) is 4.66. The monoisotopic (exact) mass is 256 g/mol.